The molecule has 0 aliphatic heterocycles. The topological polar surface area (TPSA) is 49.8 Å². The lowest BCUT2D eigenvalue weighted by Crippen LogP contribution is -2.30. The molecular weight excluding hydrogens is 410 g/mol. The van der Waals surface area contributed by atoms with Crippen molar-refractivity contribution in [3.8, 4) is 11.5 Å². The number of halogens is 1. The van der Waals surface area contributed by atoms with Gasteiger partial charge in [0.2, 0.25) is 0 Å². The highest BCUT2D eigenvalue weighted by Gasteiger charge is 2.31. The molecule has 2 atom stereocenters. The maximum Gasteiger partial charge on any atom is 0.325 e. The van der Waals surface area contributed by atoms with Gasteiger partial charge in [-0.25, -0.2) is 0 Å². The molecule has 0 spiro atoms. The highest BCUT2D eigenvalue weighted by Crippen LogP contribution is 2.47. The number of carbonyl (C=O) groups excluding carboxylic acids is 1. The fourth-order valence-corrected chi connectivity index (χ4v) is 4.60. The summed E-state index contributed by atoms with van der Waals surface area (Å²) in [6, 6.07) is 3.78. The molecular formula is C26H38ClNO3. The molecule has 0 fully saturated rings. The molecule has 1 aliphatic rings. The SMILES string of the molecule is C=C(C)[C@@H]1CCC(C)=C[C@H]1c1c(O)cc(CCCCC)cc1OC(=O)CN(C)CCCl. The Morgan fingerprint density at radius 2 is 2.10 bits per heavy atom. The molecule has 31 heavy (non-hydrogen) atoms. The maximum atomic E-state index is 12.7. The Kier molecular flexibility index (Phi) is 10.1. The molecule has 1 N–H and O–H groups in total. The Hall–Kier alpha value is -1.78. The summed E-state index contributed by atoms with van der Waals surface area (Å²) in [4.78, 5) is 14.5. The molecule has 0 unspecified atom stereocenters. The number of carbonyl (C=O) groups is 1. The van der Waals surface area contributed by atoms with Crippen molar-refractivity contribution in [2.24, 2.45) is 5.92 Å². The lowest BCUT2D eigenvalue weighted by Gasteiger charge is -2.32. The van der Waals surface area contributed by atoms with Gasteiger partial charge in [0.1, 0.15) is 11.5 Å². The normalized spacial score (nSPS) is 18.7. The minimum Gasteiger partial charge on any atom is -0.507 e. The molecule has 0 aromatic heterocycles. The second-order valence-corrected chi connectivity index (χ2v) is 9.29. The molecule has 0 radical (unpaired) electrons. The van der Waals surface area contributed by atoms with E-state index in [1.165, 1.54) is 5.57 Å². The molecule has 5 heteroatoms. The van der Waals surface area contributed by atoms with Crippen LogP contribution in [0.1, 0.15) is 69.9 Å². The number of hydrogen-bond acceptors (Lipinski definition) is 4. The third-order valence-corrected chi connectivity index (χ3v) is 6.22. The van der Waals surface area contributed by atoms with Crippen LogP contribution in [-0.2, 0) is 11.2 Å². The van der Waals surface area contributed by atoms with Gasteiger partial charge in [0.15, 0.2) is 0 Å². The number of allylic oxidation sites excluding steroid dienone is 3. The van der Waals surface area contributed by atoms with Crippen LogP contribution in [0.3, 0.4) is 0 Å². The van der Waals surface area contributed by atoms with Gasteiger partial charge in [-0.05, 0) is 70.2 Å². The first-order valence-corrected chi connectivity index (χ1v) is 11.9. The highest BCUT2D eigenvalue weighted by atomic mass is 35.5. The van der Waals surface area contributed by atoms with Crippen LogP contribution in [0.4, 0.5) is 0 Å². The number of ether oxygens (including phenoxy) is 1. The van der Waals surface area contributed by atoms with Crippen LogP contribution in [0.2, 0.25) is 0 Å². The number of rotatable bonds is 11. The van der Waals surface area contributed by atoms with Crippen molar-refractivity contribution in [2.75, 3.05) is 26.0 Å². The second kappa shape index (κ2) is 12.3. The van der Waals surface area contributed by atoms with E-state index in [2.05, 4.69) is 26.5 Å². The number of phenols is 1. The molecule has 172 valence electrons. The number of hydrogen-bond donors (Lipinski definition) is 1. The number of alkyl halides is 1. The Morgan fingerprint density at radius 3 is 2.74 bits per heavy atom. The quantitative estimate of drug-likeness (QED) is 0.144. The molecule has 4 nitrogen and oxygen atoms in total. The Labute approximate surface area is 192 Å². The van der Waals surface area contributed by atoms with Crippen molar-refractivity contribution in [1.82, 2.24) is 4.90 Å². The van der Waals surface area contributed by atoms with Crippen molar-refractivity contribution in [3.05, 3.63) is 47.1 Å². The third kappa shape index (κ3) is 7.40. The Morgan fingerprint density at radius 1 is 1.35 bits per heavy atom. The van der Waals surface area contributed by atoms with E-state index in [0.717, 1.165) is 49.7 Å². The molecule has 1 aliphatic carbocycles. The number of aromatic hydroxyl groups is 1. The van der Waals surface area contributed by atoms with Crippen molar-refractivity contribution >= 4 is 17.6 Å². The number of likely N-dealkylation sites (N-methyl/N-ethyl adjacent to an activating group) is 1. The number of nitrogens with zero attached hydrogens (tertiary/aromatic N) is 1. The zero-order valence-electron chi connectivity index (χ0n) is 19.5. The molecule has 0 amide bonds. The summed E-state index contributed by atoms with van der Waals surface area (Å²) in [5.41, 5.74) is 4.06. The number of aryl methyl sites for hydroxylation is 1. The predicted octanol–water partition coefficient (Wildman–Crippen LogP) is 6.22. The first kappa shape index (κ1) is 25.5. The van der Waals surface area contributed by atoms with E-state index < -0.39 is 0 Å². The first-order chi connectivity index (χ1) is 14.8. The zero-order valence-corrected chi connectivity index (χ0v) is 20.3. The van der Waals surface area contributed by atoms with Crippen LogP contribution in [0.25, 0.3) is 0 Å². The largest absolute Gasteiger partial charge is 0.507 e. The summed E-state index contributed by atoms with van der Waals surface area (Å²) in [6.07, 6.45) is 8.34. The highest BCUT2D eigenvalue weighted by molar-refractivity contribution is 6.18. The summed E-state index contributed by atoms with van der Waals surface area (Å²) in [5.74, 6) is 0.930. The van der Waals surface area contributed by atoms with Crippen molar-refractivity contribution in [1.29, 1.82) is 0 Å². The van der Waals surface area contributed by atoms with Crippen molar-refractivity contribution in [3.63, 3.8) is 0 Å². The van der Waals surface area contributed by atoms with Crippen LogP contribution in [0.5, 0.6) is 11.5 Å². The monoisotopic (exact) mass is 447 g/mol. The summed E-state index contributed by atoms with van der Waals surface area (Å²) >= 11 is 5.79. The number of esters is 1. The van der Waals surface area contributed by atoms with Gasteiger partial charge in [-0.15, -0.1) is 11.6 Å². The molecule has 0 heterocycles. The summed E-state index contributed by atoms with van der Waals surface area (Å²) in [5, 5.41) is 11.1. The van der Waals surface area contributed by atoms with Gasteiger partial charge in [-0.1, -0.05) is 43.6 Å². The molecule has 0 bridgehead atoms. The fraction of sp³-hybridized carbons (Fsp3) is 0.577. The van der Waals surface area contributed by atoms with Gasteiger partial charge >= 0.3 is 5.97 Å². The van der Waals surface area contributed by atoms with E-state index in [1.807, 2.05) is 31.0 Å². The van der Waals surface area contributed by atoms with Gasteiger partial charge in [-0.2, -0.15) is 0 Å². The predicted molar refractivity (Wildman–Crippen MR) is 129 cm³/mol. The van der Waals surface area contributed by atoms with E-state index in [0.29, 0.717) is 23.7 Å². The summed E-state index contributed by atoms with van der Waals surface area (Å²) < 4.78 is 5.86. The number of unbranched alkanes of at least 4 members (excludes halogenated alkanes) is 2. The van der Waals surface area contributed by atoms with E-state index in [4.69, 9.17) is 16.3 Å². The van der Waals surface area contributed by atoms with Gasteiger partial charge < -0.3 is 9.84 Å². The smallest absolute Gasteiger partial charge is 0.325 e. The lowest BCUT2D eigenvalue weighted by molar-refractivity contribution is -0.135. The maximum absolute atomic E-state index is 12.7. The first-order valence-electron chi connectivity index (χ1n) is 11.4. The van der Waals surface area contributed by atoms with Crippen LogP contribution < -0.4 is 4.74 Å². The lowest BCUT2D eigenvalue weighted by atomic mass is 9.73. The van der Waals surface area contributed by atoms with Crippen molar-refractivity contribution < 1.29 is 14.6 Å². The Balaban J connectivity index is 2.43. The minimum absolute atomic E-state index is 0.0562. The van der Waals surface area contributed by atoms with Gasteiger partial charge in [0, 0.05) is 23.9 Å². The number of phenolic OH excluding ortho intramolecular Hbond substituents is 1. The molecule has 1 aromatic carbocycles. The molecule has 1 aromatic rings. The van der Waals surface area contributed by atoms with Gasteiger partial charge in [-0.3, -0.25) is 9.69 Å². The van der Waals surface area contributed by atoms with Gasteiger partial charge in [0.05, 0.1) is 6.54 Å². The van der Waals surface area contributed by atoms with Crippen LogP contribution >= 0.6 is 11.6 Å². The fourth-order valence-electron chi connectivity index (χ4n) is 4.32. The zero-order chi connectivity index (χ0) is 23.0. The Bertz CT molecular complexity index is 802. The summed E-state index contributed by atoms with van der Waals surface area (Å²) in [7, 11) is 1.84. The molecule has 0 saturated carbocycles. The number of benzene rings is 1. The van der Waals surface area contributed by atoms with Crippen LogP contribution in [0, 0.1) is 5.92 Å². The standard InChI is InChI=1S/C26H38ClNO3/c1-6-7-8-9-20-15-23(29)26(22-14-19(4)10-11-21(22)18(2)3)24(16-20)31-25(30)17-28(5)13-12-27/h14-16,21-22,29H,2,6-13,17H2,1,3-5H3/t21-,22+/m0/s1. The summed E-state index contributed by atoms with van der Waals surface area (Å²) in [6.45, 7) is 11.3. The van der Waals surface area contributed by atoms with Crippen molar-refractivity contribution in [2.45, 2.75) is 65.2 Å². The van der Waals surface area contributed by atoms with E-state index >= 15 is 0 Å². The average molecular weight is 448 g/mol. The van der Waals surface area contributed by atoms with Crippen LogP contribution in [-0.4, -0.2) is 42.0 Å². The van der Waals surface area contributed by atoms with E-state index in [-0.39, 0.29) is 30.1 Å². The third-order valence-electron chi connectivity index (χ3n) is 6.05. The molecule has 2 rings (SSSR count). The van der Waals surface area contributed by atoms with E-state index in [9.17, 15) is 9.90 Å². The van der Waals surface area contributed by atoms with E-state index in [1.54, 1.807) is 0 Å². The van der Waals surface area contributed by atoms with Gasteiger partial charge in [0.25, 0.3) is 0 Å². The molecule has 0 saturated heterocycles. The minimum atomic E-state index is -0.345. The average Bonchev–Trinajstić information content (AvgIpc) is 2.67. The van der Waals surface area contributed by atoms with Crippen LogP contribution in [0.15, 0.2) is 35.9 Å². The second-order valence-electron chi connectivity index (χ2n) is 8.92.